The van der Waals surface area contributed by atoms with Crippen LogP contribution in [0.5, 0.6) is 0 Å². The number of nitrogens with zero attached hydrogens (tertiary/aromatic N) is 1. The number of halogens is 3. The van der Waals surface area contributed by atoms with Crippen molar-refractivity contribution in [1.82, 2.24) is 4.72 Å². The zero-order valence-corrected chi connectivity index (χ0v) is 12.8. The molecule has 1 aromatic carbocycles. The molecule has 1 fully saturated rings. The molecule has 0 unspecified atom stereocenters. The molecule has 0 saturated heterocycles. The Kier molecular flexibility index (Phi) is 4.98. The van der Waals surface area contributed by atoms with Crippen LogP contribution in [0, 0.1) is 11.3 Å². The number of nitriles is 1. The van der Waals surface area contributed by atoms with Gasteiger partial charge in [-0.25, -0.2) is 13.1 Å². The molecule has 0 heterocycles. The first-order valence-electron chi connectivity index (χ1n) is 6.97. The fourth-order valence-corrected chi connectivity index (χ4v) is 3.87. The number of sulfonamides is 1. The molecule has 1 saturated carbocycles. The summed E-state index contributed by atoms with van der Waals surface area (Å²) in [5.74, 6) is 0. The number of aliphatic hydroxyl groups excluding tert-OH is 1. The third-order valence-corrected chi connectivity index (χ3v) is 5.25. The van der Waals surface area contributed by atoms with Crippen LogP contribution in [0.15, 0.2) is 23.1 Å². The number of rotatable bonds is 3. The largest absolute Gasteiger partial charge is 0.417 e. The van der Waals surface area contributed by atoms with Gasteiger partial charge in [-0.1, -0.05) is 12.8 Å². The van der Waals surface area contributed by atoms with E-state index in [1.807, 2.05) is 0 Å². The monoisotopic (exact) mass is 348 g/mol. The van der Waals surface area contributed by atoms with Gasteiger partial charge in [0.25, 0.3) is 0 Å². The van der Waals surface area contributed by atoms with Gasteiger partial charge in [-0.3, -0.25) is 0 Å². The molecule has 0 aliphatic heterocycles. The van der Waals surface area contributed by atoms with E-state index >= 15 is 0 Å². The molecule has 2 N–H and O–H groups in total. The van der Waals surface area contributed by atoms with Crippen LogP contribution in [0.2, 0.25) is 0 Å². The van der Waals surface area contributed by atoms with E-state index in [2.05, 4.69) is 4.72 Å². The van der Waals surface area contributed by atoms with Crippen LogP contribution in [0.25, 0.3) is 0 Å². The Labute approximate surface area is 131 Å². The average molecular weight is 348 g/mol. The maximum atomic E-state index is 12.9. The number of hydrogen-bond acceptors (Lipinski definition) is 4. The second kappa shape index (κ2) is 6.47. The Hall–Kier alpha value is -1.63. The normalized spacial score (nSPS) is 22.6. The third kappa shape index (κ3) is 4.02. The lowest BCUT2D eigenvalue weighted by molar-refractivity contribution is -0.137. The highest BCUT2D eigenvalue weighted by Gasteiger charge is 2.35. The molecule has 0 amide bonds. The SMILES string of the molecule is N#Cc1ccc(S(=O)(=O)N[C@H]2CCCC[C@H]2O)cc1C(F)(F)F. The van der Waals surface area contributed by atoms with E-state index in [9.17, 15) is 26.7 Å². The molecule has 0 bridgehead atoms. The maximum Gasteiger partial charge on any atom is 0.417 e. The summed E-state index contributed by atoms with van der Waals surface area (Å²) in [6, 6.07) is 2.89. The highest BCUT2D eigenvalue weighted by atomic mass is 32.2. The van der Waals surface area contributed by atoms with Gasteiger partial charge in [-0.05, 0) is 31.0 Å². The van der Waals surface area contributed by atoms with Crippen LogP contribution in [0.3, 0.4) is 0 Å². The second-order valence-electron chi connectivity index (χ2n) is 5.40. The Balaban J connectivity index is 2.35. The zero-order chi connectivity index (χ0) is 17.3. The van der Waals surface area contributed by atoms with Crippen molar-refractivity contribution in [2.45, 2.75) is 48.9 Å². The lowest BCUT2D eigenvalue weighted by Gasteiger charge is -2.28. The lowest BCUT2D eigenvalue weighted by Crippen LogP contribution is -2.45. The van der Waals surface area contributed by atoms with Crippen molar-refractivity contribution in [2.24, 2.45) is 0 Å². The molecule has 2 rings (SSSR count). The Morgan fingerprint density at radius 3 is 2.48 bits per heavy atom. The molecule has 1 aliphatic rings. The molecule has 9 heteroatoms. The van der Waals surface area contributed by atoms with E-state index in [1.54, 1.807) is 0 Å². The summed E-state index contributed by atoms with van der Waals surface area (Å²) in [7, 11) is -4.22. The molecule has 0 spiro atoms. The first kappa shape index (κ1) is 17.7. The quantitative estimate of drug-likeness (QED) is 0.876. The third-order valence-electron chi connectivity index (χ3n) is 3.76. The number of nitrogens with one attached hydrogen (secondary N) is 1. The molecule has 5 nitrogen and oxygen atoms in total. The van der Waals surface area contributed by atoms with Gasteiger partial charge < -0.3 is 5.11 Å². The molecular weight excluding hydrogens is 333 g/mol. The Morgan fingerprint density at radius 1 is 1.26 bits per heavy atom. The van der Waals surface area contributed by atoms with E-state index in [4.69, 9.17) is 5.26 Å². The van der Waals surface area contributed by atoms with Crippen LogP contribution >= 0.6 is 0 Å². The molecule has 23 heavy (non-hydrogen) atoms. The molecule has 0 aromatic heterocycles. The molecule has 126 valence electrons. The summed E-state index contributed by atoms with van der Waals surface area (Å²) >= 11 is 0. The first-order chi connectivity index (χ1) is 10.6. The first-order valence-corrected chi connectivity index (χ1v) is 8.45. The highest BCUT2D eigenvalue weighted by molar-refractivity contribution is 7.89. The van der Waals surface area contributed by atoms with E-state index in [1.165, 1.54) is 6.07 Å². The number of aliphatic hydroxyl groups is 1. The van der Waals surface area contributed by atoms with Gasteiger partial charge in [0, 0.05) is 6.04 Å². The van der Waals surface area contributed by atoms with Crippen molar-refractivity contribution >= 4 is 10.0 Å². The van der Waals surface area contributed by atoms with Gasteiger partial charge >= 0.3 is 6.18 Å². The minimum absolute atomic E-state index is 0.419. The minimum Gasteiger partial charge on any atom is -0.391 e. The maximum absolute atomic E-state index is 12.9. The average Bonchev–Trinajstić information content (AvgIpc) is 2.48. The van der Waals surface area contributed by atoms with Crippen molar-refractivity contribution < 1.29 is 26.7 Å². The van der Waals surface area contributed by atoms with Crippen LogP contribution in [0.1, 0.15) is 36.8 Å². The number of hydrogen-bond donors (Lipinski definition) is 2. The molecule has 1 aromatic rings. The van der Waals surface area contributed by atoms with Gasteiger partial charge in [-0.2, -0.15) is 18.4 Å². The summed E-state index contributed by atoms with van der Waals surface area (Å²) in [4.78, 5) is -0.582. The number of alkyl halides is 3. The van der Waals surface area contributed by atoms with E-state index in [0.717, 1.165) is 25.0 Å². The van der Waals surface area contributed by atoms with Crippen molar-refractivity contribution in [3.63, 3.8) is 0 Å². The predicted molar refractivity (Wildman–Crippen MR) is 74.7 cm³/mol. The van der Waals surface area contributed by atoms with Crippen molar-refractivity contribution in [3.05, 3.63) is 29.3 Å². The summed E-state index contributed by atoms with van der Waals surface area (Å²) < 4.78 is 65.5. The second-order valence-corrected chi connectivity index (χ2v) is 7.11. The predicted octanol–water partition coefficient (Wildman–Crippen LogP) is 2.16. The molecular formula is C14H15F3N2O3S. The van der Waals surface area contributed by atoms with Crippen LogP contribution in [0.4, 0.5) is 13.2 Å². The lowest BCUT2D eigenvalue weighted by atomic mass is 9.93. The Bertz CT molecular complexity index is 726. The van der Waals surface area contributed by atoms with Gasteiger partial charge in [-0.15, -0.1) is 0 Å². The zero-order valence-electron chi connectivity index (χ0n) is 12.0. The van der Waals surface area contributed by atoms with Gasteiger partial charge in [0.2, 0.25) is 10.0 Å². The molecule has 0 radical (unpaired) electrons. The smallest absolute Gasteiger partial charge is 0.391 e. The Morgan fingerprint density at radius 2 is 1.91 bits per heavy atom. The highest BCUT2D eigenvalue weighted by Crippen LogP contribution is 2.33. The van der Waals surface area contributed by atoms with Crippen LogP contribution < -0.4 is 4.72 Å². The minimum atomic E-state index is -4.83. The van der Waals surface area contributed by atoms with E-state index < -0.39 is 44.4 Å². The van der Waals surface area contributed by atoms with Gasteiger partial charge in [0.1, 0.15) is 0 Å². The summed E-state index contributed by atoms with van der Waals surface area (Å²) in [6.07, 6.45) is -3.34. The summed E-state index contributed by atoms with van der Waals surface area (Å²) in [5, 5.41) is 18.5. The standard InChI is InChI=1S/C14H15F3N2O3S/c15-14(16,17)11-7-10(6-5-9(11)8-18)23(21,22)19-12-3-1-2-4-13(12)20/h5-7,12-13,19-20H,1-4H2/t12-,13+/m0/s1. The fraction of sp³-hybridized carbons (Fsp3) is 0.500. The van der Waals surface area contributed by atoms with Crippen LogP contribution in [-0.4, -0.2) is 25.7 Å². The van der Waals surface area contributed by atoms with Gasteiger partial charge in [0.05, 0.1) is 28.2 Å². The van der Waals surface area contributed by atoms with Gasteiger partial charge in [0.15, 0.2) is 0 Å². The summed E-state index contributed by atoms with van der Waals surface area (Å²) in [5.41, 5.74) is -1.94. The number of benzene rings is 1. The molecule has 2 atom stereocenters. The van der Waals surface area contributed by atoms with E-state index in [-0.39, 0.29) is 0 Å². The fourth-order valence-electron chi connectivity index (χ4n) is 2.54. The van der Waals surface area contributed by atoms with Crippen molar-refractivity contribution in [3.8, 4) is 6.07 Å². The van der Waals surface area contributed by atoms with Crippen LogP contribution in [-0.2, 0) is 16.2 Å². The van der Waals surface area contributed by atoms with Crippen molar-refractivity contribution in [1.29, 1.82) is 5.26 Å². The molecule has 1 aliphatic carbocycles. The summed E-state index contributed by atoms with van der Waals surface area (Å²) in [6.45, 7) is 0. The topological polar surface area (TPSA) is 90.2 Å². The van der Waals surface area contributed by atoms with E-state index in [0.29, 0.717) is 18.9 Å². The van der Waals surface area contributed by atoms with Crippen molar-refractivity contribution in [2.75, 3.05) is 0 Å².